The van der Waals surface area contributed by atoms with Gasteiger partial charge in [-0.3, -0.25) is 0 Å². The van der Waals surface area contributed by atoms with Gasteiger partial charge in [-0.2, -0.15) is 0 Å². The van der Waals surface area contributed by atoms with E-state index in [1.807, 2.05) is 0 Å². The maximum atomic E-state index is 7.24. The number of methoxy groups -OCH3 is 1. The molecule has 0 amide bonds. The molecule has 48 valence electrons. The summed E-state index contributed by atoms with van der Waals surface area (Å²) >= 11 is 0. The van der Waals surface area contributed by atoms with Crippen LogP contribution in [-0.4, -0.2) is 17.1 Å². The molecule has 0 unspecified atom stereocenters. The number of nitrogens with zero attached hydrogens (tertiary/aromatic N) is 2. The van der Waals surface area contributed by atoms with Crippen molar-refractivity contribution in [2.24, 2.45) is 0 Å². The SMILES string of the molecule is [2H]C([2H])(OC)c1ncccn1. The van der Waals surface area contributed by atoms with Crippen molar-refractivity contribution >= 4 is 0 Å². The second-order valence-corrected chi connectivity index (χ2v) is 1.38. The van der Waals surface area contributed by atoms with Crippen LogP contribution in [0.1, 0.15) is 8.57 Å². The van der Waals surface area contributed by atoms with Gasteiger partial charge in [0.05, 0.1) is 2.74 Å². The zero-order valence-electron chi connectivity index (χ0n) is 7.03. The zero-order chi connectivity index (χ0) is 8.32. The van der Waals surface area contributed by atoms with Gasteiger partial charge in [0, 0.05) is 19.5 Å². The number of aromatic nitrogens is 2. The van der Waals surface area contributed by atoms with Crippen LogP contribution in [0.3, 0.4) is 0 Å². The highest BCUT2D eigenvalue weighted by Crippen LogP contribution is 1.87. The molecule has 0 atom stereocenters. The molecular weight excluding hydrogens is 116 g/mol. The maximum absolute atomic E-state index is 7.24. The number of ether oxygens (including phenoxy) is 1. The first-order valence-electron chi connectivity index (χ1n) is 3.49. The lowest BCUT2D eigenvalue weighted by molar-refractivity contribution is 0.177. The second-order valence-electron chi connectivity index (χ2n) is 1.38. The number of rotatable bonds is 2. The highest BCUT2D eigenvalue weighted by molar-refractivity contribution is 4.85. The van der Waals surface area contributed by atoms with Crippen LogP contribution in [0.4, 0.5) is 0 Å². The summed E-state index contributed by atoms with van der Waals surface area (Å²) in [6.45, 7) is -1.89. The fraction of sp³-hybridized carbons (Fsp3) is 0.333. The summed E-state index contributed by atoms with van der Waals surface area (Å²) in [5.74, 6) is 0.0440. The molecule has 0 N–H and O–H groups in total. The molecule has 0 fully saturated rings. The average molecular weight is 126 g/mol. The van der Waals surface area contributed by atoms with Crippen LogP contribution < -0.4 is 0 Å². The van der Waals surface area contributed by atoms with Crippen LogP contribution in [0.15, 0.2) is 18.5 Å². The van der Waals surface area contributed by atoms with E-state index in [9.17, 15) is 0 Å². The van der Waals surface area contributed by atoms with Gasteiger partial charge in [-0.05, 0) is 6.07 Å². The van der Waals surface area contributed by atoms with Crippen LogP contribution in [0.25, 0.3) is 0 Å². The molecule has 0 saturated heterocycles. The summed E-state index contributed by atoms with van der Waals surface area (Å²) in [6.07, 6.45) is 2.94. The van der Waals surface area contributed by atoms with Crippen molar-refractivity contribution in [1.82, 2.24) is 9.97 Å². The molecule has 1 heterocycles. The van der Waals surface area contributed by atoms with E-state index in [1.165, 1.54) is 19.5 Å². The Kier molecular flexibility index (Phi) is 1.38. The fourth-order valence-electron chi connectivity index (χ4n) is 0.443. The van der Waals surface area contributed by atoms with Gasteiger partial charge >= 0.3 is 0 Å². The van der Waals surface area contributed by atoms with Crippen molar-refractivity contribution in [3.63, 3.8) is 0 Å². The Bertz CT molecular complexity index is 227. The molecule has 0 radical (unpaired) electrons. The average Bonchev–Trinajstić information content (AvgIpc) is 2.06. The van der Waals surface area contributed by atoms with Crippen molar-refractivity contribution in [2.45, 2.75) is 6.56 Å². The van der Waals surface area contributed by atoms with Crippen molar-refractivity contribution in [3.8, 4) is 0 Å². The third kappa shape index (κ3) is 1.77. The van der Waals surface area contributed by atoms with Crippen molar-refractivity contribution in [1.29, 1.82) is 0 Å². The third-order valence-corrected chi connectivity index (χ3v) is 0.759. The molecule has 0 aliphatic carbocycles. The molecule has 0 saturated carbocycles. The molecule has 1 aromatic rings. The summed E-state index contributed by atoms with van der Waals surface area (Å²) in [5, 5.41) is 0. The van der Waals surface area contributed by atoms with Gasteiger partial charge < -0.3 is 4.74 Å². The van der Waals surface area contributed by atoms with E-state index in [0.29, 0.717) is 0 Å². The van der Waals surface area contributed by atoms with Crippen molar-refractivity contribution < 1.29 is 7.48 Å². The lowest BCUT2D eigenvalue weighted by Crippen LogP contribution is -1.93. The maximum Gasteiger partial charge on any atom is 0.153 e. The fourth-order valence-corrected chi connectivity index (χ4v) is 0.443. The van der Waals surface area contributed by atoms with Crippen LogP contribution in [-0.2, 0) is 11.3 Å². The molecule has 0 aliphatic rings. The largest absolute Gasteiger partial charge is 0.377 e. The van der Waals surface area contributed by atoms with Crippen molar-refractivity contribution in [3.05, 3.63) is 24.3 Å². The Balaban J connectivity index is 2.93. The zero-order valence-corrected chi connectivity index (χ0v) is 5.03. The lowest BCUT2D eigenvalue weighted by Gasteiger charge is -1.93. The van der Waals surface area contributed by atoms with Gasteiger partial charge in [0.2, 0.25) is 0 Å². The normalized spacial score (nSPS) is 14.3. The molecule has 0 aliphatic heterocycles. The topological polar surface area (TPSA) is 35.0 Å². The Labute approximate surface area is 56.5 Å². The van der Waals surface area contributed by atoms with Crippen LogP contribution >= 0.6 is 0 Å². The number of hydrogen-bond donors (Lipinski definition) is 0. The molecule has 9 heavy (non-hydrogen) atoms. The summed E-state index contributed by atoms with van der Waals surface area (Å²) in [4.78, 5) is 7.42. The molecule has 1 rings (SSSR count). The van der Waals surface area contributed by atoms with Crippen LogP contribution in [0, 0.1) is 0 Å². The minimum absolute atomic E-state index is 0.0440. The van der Waals surface area contributed by atoms with E-state index in [0.717, 1.165) is 0 Å². The van der Waals surface area contributed by atoms with E-state index in [-0.39, 0.29) is 5.82 Å². The highest BCUT2D eigenvalue weighted by Gasteiger charge is 1.88. The van der Waals surface area contributed by atoms with E-state index in [4.69, 9.17) is 2.74 Å². The second kappa shape index (κ2) is 3.14. The lowest BCUT2D eigenvalue weighted by atomic mass is 10.6. The van der Waals surface area contributed by atoms with E-state index < -0.39 is 6.56 Å². The van der Waals surface area contributed by atoms with Gasteiger partial charge in [-0.1, -0.05) is 0 Å². The number of hydrogen-bond acceptors (Lipinski definition) is 3. The minimum atomic E-state index is -1.89. The first kappa shape index (κ1) is 3.95. The Morgan fingerprint density at radius 2 is 2.33 bits per heavy atom. The standard InChI is InChI=1S/C6H8N2O/c1-9-5-6-7-3-2-4-8-6/h2-4H,5H2,1H3/i5D2. The molecule has 3 heteroatoms. The molecule has 0 bridgehead atoms. The molecule has 1 aromatic heterocycles. The molecule has 0 aromatic carbocycles. The van der Waals surface area contributed by atoms with E-state index >= 15 is 0 Å². The summed E-state index contributed by atoms with van der Waals surface area (Å²) in [7, 11) is 1.27. The smallest absolute Gasteiger partial charge is 0.153 e. The van der Waals surface area contributed by atoms with Crippen molar-refractivity contribution in [2.75, 3.05) is 7.11 Å². The van der Waals surface area contributed by atoms with Gasteiger partial charge in [0.25, 0.3) is 0 Å². The van der Waals surface area contributed by atoms with Crippen LogP contribution in [0.5, 0.6) is 0 Å². The monoisotopic (exact) mass is 126 g/mol. The van der Waals surface area contributed by atoms with Gasteiger partial charge in [-0.15, -0.1) is 0 Å². The predicted molar refractivity (Wildman–Crippen MR) is 32.7 cm³/mol. The van der Waals surface area contributed by atoms with E-state index in [1.54, 1.807) is 6.07 Å². The minimum Gasteiger partial charge on any atom is -0.377 e. The first-order chi connectivity index (χ1) is 5.17. The van der Waals surface area contributed by atoms with Gasteiger partial charge in [0.1, 0.15) is 6.56 Å². The molecule has 3 nitrogen and oxygen atoms in total. The third-order valence-electron chi connectivity index (χ3n) is 0.759. The van der Waals surface area contributed by atoms with Gasteiger partial charge in [0.15, 0.2) is 5.82 Å². The first-order valence-corrected chi connectivity index (χ1v) is 2.49. The summed E-state index contributed by atoms with van der Waals surface area (Å²) in [5.41, 5.74) is 0. The van der Waals surface area contributed by atoms with Crippen LogP contribution in [0.2, 0.25) is 0 Å². The predicted octanol–water partition coefficient (Wildman–Crippen LogP) is 0.623. The van der Waals surface area contributed by atoms with E-state index in [2.05, 4.69) is 14.7 Å². The quantitative estimate of drug-likeness (QED) is 0.582. The Morgan fingerprint density at radius 1 is 1.67 bits per heavy atom. The summed E-state index contributed by atoms with van der Waals surface area (Å²) < 4.78 is 19.0. The summed E-state index contributed by atoms with van der Waals surface area (Å²) in [6, 6.07) is 1.62. The highest BCUT2D eigenvalue weighted by atomic mass is 16.5. The Hall–Kier alpha value is -0.960. The Morgan fingerprint density at radius 3 is 2.89 bits per heavy atom. The molecule has 0 spiro atoms. The molecular formula is C6H8N2O. The van der Waals surface area contributed by atoms with Gasteiger partial charge in [-0.25, -0.2) is 9.97 Å².